The van der Waals surface area contributed by atoms with Gasteiger partial charge in [-0.15, -0.1) is 0 Å². The van der Waals surface area contributed by atoms with E-state index in [1.807, 2.05) is 0 Å². The van der Waals surface area contributed by atoms with Gasteiger partial charge in [0.2, 0.25) is 0 Å². The van der Waals surface area contributed by atoms with Crippen molar-refractivity contribution in [2.24, 2.45) is 0 Å². The van der Waals surface area contributed by atoms with E-state index in [-0.39, 0.29) is 6.61 Å². The topological polar surface area (TPSA) is 87.0 Å². The highest BCUT2D eigenvalue weighted by Gasteiger charge is 1.83. The summed E-state index contributed by atoms with van der Waals surface area (Å²) in [6.07, 6.45) is 1.72. The van der Waals surface area contributed by atoms with Crippen molar-refractivity contribution in [2.45, 2.75) is 46.6 Å². The molecule has 0 saturated carbocycles. The van der Waals surface area contributed by atoms with Crippen LogP contribution in [0.1, 0.15) is 40.5 Å². The quantitative estimate of drug-likeness (QED) is 0.628. The third-order valence-electron chi connectivity index (χ3n) is 0.961. The lowest BCUT2D eigenvalue weighted by Gasteiger charge is -1.95. The normalized spacial score (nSPS) is 10.4. The van der Waals surface area contributed by atoms with E-state index in [9.17, 15) is 0 Å². The third-order valence-corrected chi connectivity index (χ3v) is 0.961. The molecule has 5 nitrogen and oxygen atoms in total. The largest absolute Gasteiger partial charge is 0.481 e. The summed E-state index contributed by atoms with van der Waals surface area (Å²) in [4.78, 5) is 9.00. The highest BCUT2D eigenvalue weighted by atomic mass is 16.5. The Labute approximate surface area is 98.1 Å². The number of hydrogen-bond donors (Lipinski definition) is 3. The molecule has 0 saturated heterocycles. The molecule has 1 unspecified atom stereocenters. The third kappa shape index (κ3) is 71.1. The standard InChI is InChI=1S/C6H14O.C3H8O2.C2H4O2/c1-3-5-7-6-4-2;1-3(5)2-4;1-2(3)4/h3-6H2,1-2H3;3-5H,2H2,1H3;1H3,(H,3,4). The zero-order valence-electron chi connectivity index (χ0n) is 10.8. The van der Waals surface area contributed by atoms with Gasteiger partial charge >= 0.3 is 0 Å². The first-order chi connectivity index (χ1) is 7.42. The maximum Gasteiger partial charge on any atom is 0.300 e. The fraction of sp³-hybridized carbons (Fsp3) is 0.909. The molecular weight excluding hydrogens is 212 g/mol. The number of carbonyl (C=O) groups is 1. The average molecular weight is 238 g/mol. The first-order valence-corrected chi connectivity index (χ1v) is 5.48. The van der Waals surface area contributed by atoms with E-state index in [0.717, 1.165) is 33.0 Å². The van der Waals surface area contributed by atoms with Gasteiger partial charge in [-0.1, -0.05) is 13.8 Å². The number of carboxylic acid groups (broad SMARTS) is 1. The zero-order valence-corrected chi connectivity index (χ0v) is 10.8. The Morgan fingerprint density at radius 2 is 1.50 bits per heavy atom. The molecule has 0 aromatic heterocycles. The van der Waals surface area contributed by atoms with Crippen molar-refractivity contribution < 1.29 is 24.9 Å². The van der Waals surface area contributed by atoms with Crippen LogP contribution in [0.15, 0.2) is 0 Å². The fourth-order valence-electron chi connectivity index (χ4n) is 0.391. The summed E-state index contributed by atoms with van der Waals surface area (Å²) < 4.78 is 5.13. The van der Waals surface area contributed by atoms with Crippen LogP contribution in [-0.4, -0.2) is 47.2 Å². The van der Waals surface area contributed by atoms with Gasteiger partial charge in [-0.2, -0.15) is 0 Å². The summed E-state index contributed by atoms with van der Waals surface area (Å²) in [6.45, 7) is 8.56. The lowest BCUT2D eigenvalue weighted by molar-refractivity contribution is -0.134. The summed E-state index contributed by atoms with van der Waals surface area (Å²) >= 11 is 0. The lowest BCUT2D eigenvalue weighted by Crippen LogP contribution is -2.03. The number of rotatable bonds is 5. The van der Waals surface area contributed by atoms with Crippen molar-refractivity contribution in [2.75, 3.05) is 19.8 Å². The van der Waals surface area contributed by atoms with Crippen LogP contribution in [-0.2, 0) is 9.53 Å². The van der Waals surface area contributed by atoms with Gasteiger partial charge in [-0.05, 0) is 19.8 Å². The molecule has 1 atom stereocenters. The average Bonchev–Trinajstić information content (AvgIpc) is 2.19. The van der Waals surface area contributed by atoms with Crippen LogP contribution in [0.4, 0.5) is 0 Å². The van der Waals surface area contributed by atoms with Crippen LogP contribution in [0.3, 0.4) is 0 Å². The molecule has 0 amide bonds. The zero-order chi connectivity index (χ0) is 13.4. The highest BCUT2D eigenvalue weighted by molar-refractivity contribution is 5.62. The van der Waals surface area contributed by atoms with Crippen LogP contribution in [0.25, 0.3) is 0 Å². The summed E-state index contributed by atoms with van der Waals surface area (Å²) in [5.74, 6) is -0.833. The molecule has 0 heterocycles. The molecule has 0 aromatic carbocycles. The second-order valence-corrected chi connectivity index (χ2v) is 3.16. The molecule has 16 heavy (non-hydrogen) atoms. The molecule has 0 aliphatic carbocycles. The summed E-state index contributed by atoms with van der Waals surface area (Å²) in [5.41, 5.74) is 0. The van der Waals surface area contributed by atoms with Crippen molar-refractivity contribution in [3.05, 3.63) is 0 Å². The van der Waals surface area contributed by atoms with Crippen LogP contribution >= 0.6 is 0 Å². The first kappa shape index (κ1) is 20.7. The summed E-state index contributed by atoms with van der Waals surface area (Å²) in [6, 6.07) is 0. The lowest BCUT2D eigenvalue weighted by atomic mass is 10.5. The Bertz CT molecular complexity index is 118. The Hall–Kier alpha value is -0.650. The van der Waals surface area contributed by atoms with Crippen molar-refractivity contribution >= 4 is 5.97 Å². The van der Waals surface area contributed by atoms with Gasteiger partial charge in [0, 0.05) is 20.1 Å². The summed E-state index contributed by atoms with van der Waals surface area (Å²) in [5, 5.41) is 23.4. The van der Waals surface area contributed by atoms with Crippen LogP contribution < -0.4 is 0 Å². The molecule has 0 aromatic rings. The van der Waals surface area contributed by atoms with Gasteiger partial charge in [0.25, 0.3) is 5.97 Å². The number of aliphatic hydroxyl groups is 2. The van der Waals surface area contributed by atoms with E-state index in [1.165, 1.54) is 6.92 Å². The predicted molar refractivity (Wildman–Crippen MR) is 63.5 cm³/mol. The van der Waals surface area contributed by atoms with E-state index in [0.29, 0.717) is 0 Å². The predicted octanol–water partition coefficient (Wildman–Crippen LogP) is 1.27. The van der Waals surface area contributed by atoms with Crippen LogP contribution in [0.2, 0.25) is 0 Å². The molecule has 3 N–H and O–H groups in total. The van der Waals surface area contributed by atoms with Crippen molar-refractivity contribution in [1.29, 1.82) is 0 Å². The molecule has 0 aliphatic heterocycles. The smallest absolute Gasteiger partial charge is 0.300 e. The van der Waals surface area contributed by atoms with E-state index in [4.69, 9.17) is 24.9 Å². The first-order valence-electron chi connectivity index (χ1n) is 5.48. The monoisotopic (exact) mass is 238 g/mol. The molecule has 0 fully saturated rings. The van der Waals surface area contributed by atoms with Gasteiger partial charge in [-0.3, -0.25) is 4.79 Å². The minimum atomic E-state index is -0.833. The molecular formula is C11H26O5. The Morgan fingerprint density at radius 1 is 1.25 bits per heavy atom. The molecule has 0 radical (unpaired) electrons. The maximum absolute atomic E-state index is 9.00. The van der Waals surface area contributed by atoms with Gasteiger partial charge in [-0.25, -0.2) is 0 Å². The number of carboxylic acids is 1. The Kier molecular flexibility index (Phi) is 25.7. The molecule has 0 rings (SSSR count). The minimum Gasteiger partial charge on any atom is -0.481 e. The van der Waals surface area contributed by atoms with E-state index < -0.39 is 12.1 Å². The van der Waals surface area contributed by atoms with Gasteiger partial charge < -0.3 is 20.1 Å². The highest BCUT2D eigenvalue weighted by Crippen LogP contribution is 1.81. The fourth-order valence-corrected chi connectivity index (χ4v) is 0.391. The number of hydrogen-bond acceptors (Lipinski definition) is 4. The van der Waals surface area contributed by atoms with Gasteiger partial charge in [0.15, 0.2) is 0 Å². The van der Waals surface area contributed by atoms with E-state index in [2.05, 4.69) is 13.8 Å². The van der Waals surface area contributed by atoms with Gasteiger partial charge in [0.1, 0.15) is 0 Å². The van der Waals surface area contributed by atoms with Crippen LogP contribution in [0.5, 0.6) is 0 Å². The van der Waals surface area contributed by atoms with Crippen molar-refractivity contribution in [3.8, 4) is 0 Å². The van der Waals surface area contributed by atoms with Crippen molar-refractivity contribution in [3.63, 3.8) is 0 Å². The SMILES string of the molecule is CC(=O)O.CC(O)CO.CCCOCCC. The Morgan fingerprint density at radius 3 is 1.62 bits per heavy atom. The minimum absolute atomic E-state index is 0.139. The van der Waals surface area contributed by atoms with Gasteiger partial charge in [0.05, 0.1) is 12.7 Å². The van der Waals surface area contributed by atoms with E-state index >= 15 is 0 Å². The molecule has 0 spiro atoms. The molecule has 0 bridgehead atoms. The molecule has 100 valence electrons. The number of ether oxygens (including phenoxy) is 1. The van der Waals surface area contributed by atoms with E-state index in [1.54, 1.807) is 0 Å². The second-order valence-electron chi connectivity index (χ2n) is 3.16. The second kappa shape index (κ2) is 19.9. The summed E-state index contributed by atoms with van der Waals surface area (Å²) in [7, 11) is 0. The van der Waals surface area contributed by atoms with Crippen LogP contribution in [0, 0.1) is 0 Å². The maximum atomic E-state index is 9.00. The van der Waals surface area contributed by atoms with Crippen molar-refractivity contribution in [1.82, 2.24) is 0 Å². The number of aliphatic carboxylic acids is 1. The molecule has 0 aliphatic rings. The molecule has 5 heteroatoms. The number of aliphatic hydroxyl groups excluding tert-OH is 2. The Balaban J connectivity index is -0.000000166.